The third-order valence-electron chi connectivity index (χ3n) is 4.18. The fourth-order valence-electron chi connectivity index (χ4n) is 2.74. The molecule has 1 aliphatic carbocycles. The molecule has 122 valence electrons. The van der Waals surface area contributed by atoms with Gasteiger partial charge in [0.2, 0.25) is 0 Å². The minimum atomic E-state index is -0.373. The van der Waals surface area contributed by atoms with E-state index in [4.69, 9.17) is 15.7 Å². The molecule has 0 amide bonds. The van der Waals surface area contributed by atoms with E-state index in [1.165, 1.54) is 12.8 Å². The maximum atomic E-state index is 8.91. The highest BCUT2D eigenvalue weighted by atomic mass is 16.5. The van der Waals surface area contributed by atoms with Crippen molar-refractivity contribution in [2.75, 3.05) is 11.6 Å². The highest BCUT2D eigenvalue weighted by molar-refractivity contribution is 5.81. The van der Waals surface area contributed by atoms with Crippen LogP contribution in [0.3, 0.4) is 0 Å². The molecular weight excluding hydrogens is 304 g/mol. The largest absolute Gasteiger partial charge is 0.491 e. The van der Waals surface area contributed by atoms with Crippen LogP contribution in [0.1, 0.15) is 19.3 Å². The van der Waals surface area contributed by atoms with E-state index < -0.39 is 0 Å². The minimum Gasteiger partial charge on any atom is -0.491 e. The van der Waals surface area contributed by atoms with Crippen molar-refractivity contribution in [3.8, 4) is 11.8 Å². The minimum absolute atomic E-state index is 0.300. The number of hydrogen-bond acceptors (Lipinski definition) is 7. The number of allylic oxidation sites excluding steroid dienone is 1. The fraction of sp³-hybridized carbons (Fsp3) is 0.353. The van der Waals surface area contributed by atoms with Crippen LogP contribution in [0.15, 0.2) is 47.1 Å². The Labute approximate surface area is 140 Å². The maximum absolute atomic E-state index is 8.91. The van der Waals surface area contributed by atoms with Gasteiger partial charge in [0, 0.05) is 30.3 Å². The van der Waals surface area contributed by atoms with Crippen LogP contribution in [0.25, 0.3) is 0 Å². The van der Waals surface area contributed by atoms with Crippen molar-refractivity contribution < 1.29 is 4.74 Å². The van der Waals surface area contributed by atoms with Crippen LogP contribution in [0.5, 0.6) is 5.75 Å². The number of anilines is 1. The molecule has 1 unspecified atom stereocenters. The predicted octanol–water partition coefficient (Wildman–Crippen LogP) is 1.92. The van der Waals surface area contributed by atoms with Crippen LogP contribution < -0.4 is 15.5 Å². The quantitative estimate of drug-likeness (QED) is 0.890. The summed E-state index contributed by atoms with van der Waals surface area (Å²) in [5.41, 5.74) is 7.91. The van der Waals surface area contributed by atoms with Crippen LogP contribution in [-0.4, -0.2) is 29.0 Å². The summed E-state index contributed by atoms with van der Waals surface area (Å²) in [4.78, 5) is 8.61. The fourth-order valence-corrected chi connectivity index (χ4v) is 2.74. The summed E-state index contributed by atoms with van der Waals surface area (Å²) >= 11 is 0. The molecule has 7 nitrogen and oxygen atoms in total. The summed E-state index contributed by atoms with van der Waals surface area (Å²) in [5, 5.41) is 12.7. The van der Waals surface area contributed by atoms with E-state index in [-0.39, 0.29) is 6.17 Å². The molecule has 1 aromatic rings. The first-order chi connectivity index (χ1) is 11.8. The summed E-state index contributed by atoms with van der Waals surface area (Å²) in [6.45, 7) is 0.716. The van der Waals surface area contributed by atoms with E-state index in [0.29, 0.717) is 18.9 Å². The standard InChI is InChI=1S/C17H18N6O/c18-5-3-13-8-21-17-7-16(19)23(22(17)10-13)14-9-20-6-4-15(14)24-11-12-1-2-12/h4,6-10,12,16H,1-3,11,19H2. The topological polar surface area (TPSA) is 90.8 Å². The van der Waals surface area contributed by atoms with E-state index in [9.17, 15) is 0 Å². The van der Waals surface area contributed by atoms with Crippen molar-refractivity contribution in [2.45, 2.75) is 25.4 Å². The molecule has 3 heterocycles. The van der Waals surface area contributed by atoms with Crippen molar-refractivity contribution in [3.05, 3.63) is 42.1 Å². The van der Waals surface area contributed by atoms with Crippen LogP contribution >= 0.6 is 0 Å². The summed E-state index contributed by atoms with van der Waals surface area (Å²) in [6.07, 6.45) is 11.3. The zero-order valence-corrected chi connectivity index (χ0v) is 13.2. The van der Waals surface area contributed by atoms with Gasteiger partial charge in [0.05, 0.1) is 25.3 Å². The van der Waals surface area contributed by atoms with Gasteiger partial charge in [-0.05, 0) is 24.8 Å². The average molecular weight is 322 g/mol. The number of nitriles is 1. The lowest BCUT2D eigenvalue weighted by molar-refractivity contribution is 0.295. The van der Waals surface area contributed by atoms with E-state index in [0.717, 1.165) is 22.8 Å². The summed E-state index contributed by atoms with van der Waals surface area (Å²) in [6, 6.07) is 4.00. The number of rotatable bonds is 5. The van der Waals surface area contributed by atoms with Crippen LogP contribution in [0.4, 0.5) is 5.69 Å². The number of pyridine rings is 1. The van der Waals surface area contributed by atoms with E-state index in [1.54, 1.807) is 18.6 Å². The molecule has 1 aromatic heterocycles. The van der Waals surface area contributed by atoms with Gasteiger partial charge >= 0.3 is 0 Å². The number of ether oxygens (including phenoxy) is 1. The lowest BCUT2D eigenvalue weighted by Gasteiger charge is -2.34. The van der Waals surface area contributed by atoms with E-state index in [1.807, 2.05) is 28.4 Å². The normalized spacial score (nSPS) is 21.9. The molecule has 1 saturated carbocycles. The Kier molecular flexibility index (Phi) is 3.67. The van der Waals surface area contributed by atoms with Gasteiger partial charge in [0.25, 0.3) is 0 Å². The molecular formula is C17H18N6O. The molecule has 4 rings (SSSR count). The number of hydrazine groups is 1. The first-order valence-electron chi connectivity index (χ1n) is 8.00. The second-order valence-electron chi connectivity index (χ2n) is 6.10. The number of fused-ring (bicyclic) bond motifs is 1. The van der Waals surface area contributed by atoms with Crippen molar-refractivity contribution in [2.24, 2.45) is 16.6 Å². The van der Waals surface area contributed by atoms with E-state index >= 15 is 0 Å². The lowest BCUT2D eigenvalue weighted by Crippen LogP contribution is -2.45. The average Bonchev–Trinajstić information content (AvgIpc) is 3.36. The van der Waals surface area contributed by atoms with Crippen molar-refractivity contribution in [1.29, 1.82) is 5.26 Å². The molecule has 2 aliphatic heterocycles. The summed E-state index contributed by atoms with van der Waals surface area (Å²) in [7, 11) is 0. The monoisotopic (exact) mass is 322 g/mol. The molecule has 0 saturated heterocycles. The highest BCUT2D eigenvalue weighted by Crippen LogP contribution is 2.37. The second-order valence-corrected chi connectivity index (χ2v) is 6.10. The molecule has 0 radical (unpaired) electrons. The van der Waals surface area contributed by atoms with Gasteiger partial charge < -0.3 is 10.5 Å². The number of aromatic nitrogens is 1. The second kappa shape index (κ2) is 5.98. The third kappa shape index (κ3) is 2.72. The zero-order chi connectivity index (χ0) is 16.5. The molecule has 0 aromatic carbocycles. The Morgan fingerprint density at radius 1 is 1.42 bits per heavy atom. The molecule has 7 heteroatoms. The van der Waals surface area contributed by atoms with Gasteiger partial charge in [-0.25, -0.2) is 10.0 Å². The Morgan fingerprint density at radius 2 is 2.29 bits per heavy atom. The number of nitrogens with two attached hydrogens (primary N) is 1. The first-order valence-corrected chi connectivity index (χ1v) is 8.00. The van der Waals surface area contributed by atoms with E-state index in [2.05, 4.69) is 16.0 Å². The SMILES string of the molecule is N#CCC1=CN2C(=CC(N)N2c2cnccc2OCC2CC2)N=C1. The Hall–Kier alpha value is -2.85. The van der Waals surface area contributed by atoms with Crippen LogP contribution in [0, 0.1) is 17.2 Å². The molecule has 0 spiro atoms. The highest BCUT2D eigenvalue weighted by Gasteiger charge is 2.33. The Bertz CT molecular complexity index is 774. The van der Waals surface area contributed by atoms with Crippen molar-refractivity contribution >= 4 is 11.9 Å². The predicted molar refractivity (Wildman–Crippen MR) is 89.6 cm³/mol. The zero-order valence-electron chi connectivity index (χ0n) is 13.2. The number of aliphatic imine (C=N–C) groups is 1. The lowest BCUT2D eigenvalue weighted by atomic mass is 10.2. The maximum Gasteiger partial charge on any atom is 0.150 e. The molecule has 1 atom stereocenters. The molecule has 24 heavy (non-hydrogen) atoms. The molecule has 0 bridgehead atoms. The van der Waals surface area contributed by atoms with Gasteiger partial charge in [-0.2, -0.15) is 5.26 Å². The van der Waals surface area contributed by atoms with Gasteiger partial charge in [-0.15, -0.1) is 0 Å². The number of hydrogen-bond donors (Lipinski definition) is 1. The summed E-state index contributed by atoms with van der Waals surface area (Å²) in [5.74, 6) is 2.15. The molecule has 2 N–H and O–H groups in total. The van der Waals surface area contributed by atoms with Crippen LogP contribution in [0.2, 0.25) is 0 Å². The third-order valence-corrected chi connectivity index (χ3v) is 4.18. The van der Waals surface area contributed by atoms with Gasteiger partial charge in [-0.1, -0.05) is 0 Å². The van der Waals surface area contributed by atoms with Crippen molar-refractivity contribution in [1.82, 2.24) is 9.99 Å². The van der Waals surface area contributed by atoms with Gasteiger partial charge in [0.1, 0.15) is 17.6 Å². The van der Waals surface area contributed by atoms with Crippen LogP contribution in [-0.2, 0) is 0 Å². The summed E-state index contributed by atoms with van der Waals surface area (Å²) < 4.78 is 5.98. The first kappa shape index (κ1) is 14.7. The molecule has 1 fully saturated rings. The smallest absolute Gasteiger partial charge is 0.150 e. The molecule has 3 aliphatic rings. The van der Waals surface area contributed by atoms with Gasteiger partial charge in [0.15, 0.2) is 5.82 Å². The Balaban J connectivity index is 1.63. The number of nitrogens with zero attached hydrogens (tertiary/aromatic N) is 5. The van der Waals surface area contributed by atoms with Crippen molar-refractivity contribution in [3.63, 3.8) is 0 Å². The Morgan fingerprint density at radius 3 is 3.08 bits per heavy atom. The van der Waals surface area contributed by atoms with Gasteiger partial charge in [-0.3, -0.25) is 9.99 Å².